The number of ether oxygens (including phenoxy) is 1. The molecule has 1 aromatic carbocycles. The van der Waals surface area contributed by atoms with Gasteiger partial charge in [0.25, 0.3) is 0 Å². The zero-order valence-corrected chi connectivity index (χ0v) is 16.3. The van der Waals surface area contributed by atoms with Crippen molar-refractivity contribution in [3.05, 3.63) is 48.4 Å². The molecule has 1 N–H and O–H groups in total. The Labute approximate surface area is 162 Å². The van der Waals surface area contributed by atoms with Crippen molar-refractivity contribution in [1.29, 1.82) is 0 Å². The summed E-state index contributed by atoms with van der Waals surface area (Å²) < 4.78 is 12.7. The second kappa shape index (κ2) is 8.77. The summed E-state index contributed by atoms with van der Waals surface area (Å²) in [6.07, 6.45) is 1.63. The van der Waals surface area contributed by atoms with Gasteiger partial charge in [0, 0.05) is 11.6 Å². The Morgan fingerprint density at radius 2 is 2.04 bits per heavy atom. The number of hydrogen-bond donors (Lipinski definition) is 1. The molecule has 0 unspecified atom stereocenters. The molecule has 0 radical (unpaired) electrons. The predicted molar refractivity (Wildman–Crippen MR) is 104 cm³/mol. The molecule has 0 atom stereocenters. The first-order chi connectivity index (χ1) is 13.1. The molecule has 0 aliphatic carbocycles. The standard InChI is InChI=1S/C19H22N4O3S/c1-13(2)20-17(24)12-27-19-22-21-18(14-6-8-15(25-3)9-7-14)23(19)11-16-5-4-10-26-16/h4-10,13H,11-12H2,1-3H3,(H,20,24). The lowest BCUT2D eigenvalue weighted by molar-refractivity contribution is -0.119. The number of methoxy groups -OCH3 is 1. The van der Waals surface area contributed by atoms with Gasteiger partial charge in [0.15, 0.2) is 11.0 Å². The molecule has 0 fully saturated rings. The molecule has 3 rings (SSSR count). The van der Waals surface area contributed by atoms with Gasteiger partial charge in [-0.3, -0.25) is 9.36 Å². The van der Waals surface area contributed by atoms with E-state index in [2.05, 4.69) is 15.5 Å². The number of carbonyl (C=O) groups is 1. The van der Waals surface area contributed by atoms with E-state index in [0.717, 1.165) is 17.1 Å². The monoisotopic (exact) mass is 386 g/mol. The fourth-order valence-corrected chi connectivity index (χ4v) is 3.29. The Morgan fingerprint density at radius 1 is 1.26 bits per heavy atom. The van der Waals surface area contributed by atoms with E-state index in [1.54, 1.807) is 13.4 Å². The van der Waals surface area contributed by atoms with E-state index in [-0.39, 0.29) is 17.7 Å². The molecule has 0 bridgehead atoms. The highest BCUT2D eigenvalue weighted by Crippen LogP contribution is 2.26. The normalized spacial score (nSPS) is 11.0. The van der Waals surface area contributed by atoms with Crippen LogP contribution in [0, 0.1) is 0 Å². The minimum absolute atomic E-state index is 0.0338. The van der Waals surface area contributed by atoms with Gasteiger partial charge in [-0.1, -0.05) is 11.8 Å². The van der Waals surface area contributed by atoms with Crippen molar-refractivity contribution in [3.63, 3.8) is 0 Å². The summed E-state index contributed by atoms with van der Waals surface area (Å²) >= 11 is 1.35. The molecule has 27 heavy (non-hydrogen) atoms. The molecule has 1 amide bonds. The SMILES string of the molecule is COc1ccc(-c2nnc(SCC(=O)NC(C)C)n2Cc2ccco2)cc1. The van der Waals surface area contributed by atoms with Crippen molar-refractivity contribution in [2.45, 2.75) is 31.6 Å². The van der Waals surface area contributed by atoms with Crippen molar-refractivity contribution < 1.29 is 13.9 Å². The number of carbonyl (C=O) groups excluding carboxylic acids is 1. The van der Waals surface area contributed by atoms with Crippen LogP contribution in [0.3, 0.4) is 0 Å². The van der Waals surface area contributed by atoms with Crippen LogP contribution < -0.4 is 10.1 Å². The topological polar surface area (TPSA) is 82.2 Å². The molecule has 0 aliphatic rings. The summed E-state index contributed by atoms with van der Waals surface area (Å²) in [7, 11) is 1.63. The molecule has 3 aromatic rings. The van der Waals surface area contributed by atoms with E-state index < -0.39 is 0 Å². The lowest BCUT2D eigenvalue weighted by atomic mass is 10.2. The van der Waals surface area contributed by atoms with Crippen LogP contribution in [-0.4, -0.2) is 39.6 Å². The van der Waals surface area contributed by atoms with E-state index in [9.17, 15) is 4.79 Å². The maximum Gasteiger partial charge on any atom is 0.230 e. The number of nitrogens with one attached hydrogen (secondary N) is 1. The Hall–Kier alpha value is -2.74. The summed E-state index contributed by atoms with van der Waals surface area (Å²) in [6.45, 7) is 4.35. The molecule has 2 heterocycles. The fraction of sp³-hybridized carbons (Fsp3) is 0.316. The van der Waals surface area contributed by atoms with Gasteiger partial charge in [0.05, 0.1) is 25.7 Å². The maximum absolute atomic E-state index is 12.0. The van der Waals surface area contributed by atoms with E-state index in [4.69, 9.17) is 9.15 Å². The fourth-order valence-electron chi connectivity index (χ4n) is 2.54. The molecular formula is C19H22N4O3S. The molecule has 2 aromatic heterocycles. The summed E-state index contributed by atoms with van der Waals surface area (Å²) in [5.41, 5.74) is 0.910. The first kappa shape index (κ1) is 19.0. The summed E-state index contributed by atoms with van der Waals surface area (Å²) in [4.78, 5) is 12.0. The number of aromatic nitrogens is 3. The van der Waals surface area contributed by atoms with Gasteiger partial charge in [-0.2, -0.15) is 0 Å². The molecule has 142 valence electrons. The van der Waals surface area contributed by atoms with Gasteiger partial charge < -0.3 is 14.5 Å². The van der Waals surface area contributed by atoms with Crippen molar-refractivity contribution in [3.8, 4) is 17.1 Å². The van der Waals surface area contributed by atoms with Crippen LogP contribution in [0.15, 0.2) is 52.2 Å². The predicted octanol–water partition coefficient (Wildman–Crippen LogP) is 3.21. The van der Waals surface area contributed by atoms with Crippen LogP contribution in [0.25, 0.3) is 11.4 Å². The van der Waals surface area contributed by atoms with E-state index in [1.807, 2.05) is 54.8 Å². The van der Waals surface area contributed by atoms with Crippen molar-refractivity contribution in [2.75, 3.05) is 12.9 Å². The highest BCUT2D eigenvalue weighted by molar-refractivity contribution is 7.99. The molecule has 0 saturated heterocycles. The van der Waals surface area contributed by atoms with Crippen LogP contribution >= 0.6 is 11.8 Å². The minimum atomic E-state index is -0.0338. The summed E-state index contributed by atoms with van der Waals surface area (Å²) in [6, 6.07) is 11.5. The number of thioether (sulfide) groups is 1. The average Bonchev–Trinajstić information content (AvgIpc) is 3.30. The number of hydrogen-bond acceptors (Lipinski definition) is 6. The van der Waals surface area contributed by atoms with Crippen LogP contribution in [0.1, 0.15) is 19.6 Å². The number of benzene rings is 1. The second-order valence-corrected chi connectivity index (χ2v) is 7.15. The molecule has 0 saturated carbocycles. The number of furan rings is 1. The third kappa shape index (κ3) is 4.91. The Kier molecular flexibility index (Phi) is 6.18. The molecule has 8 heteroatoms. The van der Waals surface area contributed by atoms with Crippen LogP contribution in [0.4, 0.5) is 0 Å². The van der Waals surface area contributed by atoms with E-state index >= 15 is 0 Å². The lowest BCUT2D eigenvalue weighted by Gasteiger charge is -2.10. The number of nitrogens with zero attached hydrogens (tertiary/aromatic N) is 3. The van der Waals surface area contributed by atoms with Gasteiger partial charge in [0.2, 0.25) is 5.91 Å². The van der Waals surface area contributed by atoms with Gasteiger partial charge >= 0.3 is 0 Å². The van der Waals surface area contributed by atoms with Gasteiger partial charge in [-0.05, 0) is 50.2 Å². The number of rotatable bonds is 8. The van der Waals surface area contributed by atoms with Crippen molar-refractivity contribution >= 4 is 17.7 Å². The largest absolute Gasteiger partial charge is 0.497 e. The second-order valence-electron chi connectivity index (χ2n) is 6.21. The quantitative estimate of drug-likeness (QED) is 0.599. The lowest BCUT2D eigenvalue weighted by Crippen LogP contribution is -2.31. The summed E-state index contributed by atoms with van der Waals surface area (Å²) in [5.74, 6) is 2.51. The first-order valence-electron chi connectivity index (χ1n) is 8.59. The molecular weight excluding hydrogens is 364 g/mol. The van der Waals surface area contributed by atoms with Crippen LogP contribution in [0.2, 0.25) is 0 Å². The van der Waals surface area contributed by atoms with E-state index in [1.165, 1.54) is 11.8 Å². The zero-order valence-electron chi connectivity index (χ0n) is 15.5. The average molecular weight is 386 g/mol. The molecule has 7 nitrogen and oxygen atoms in total. The molecule has 0 aliphatic heterocycles. The number of amides is 1. The first-order valence-corrected chi connectivity index (χ1v) is 9.57. The Balaban J connectivity index is 1.86. The van der Waals surface area contributed by atoms with Gasteiger partial charge in [0.1, 0.15) is 11.5 Å². The summed E-state index contributed by atoms with van der Waals surface area (Å²) in [5, 5.41) is 12.2. The van der Waals surface area contributed by atoms with E-state index in [0.29, 0.717) is 17.5 Å². The molecule has 0 spiro atoms. The third-order valence-electron chi connectivity index (χ3n) is 3.74. The smallest absolute Gasteiger partial charge is 0.230 e. The van der Waals surface area contributed by atoms with Crippen molar-refractivity contribution in [1.82, 2.24) is 20.1 Å². The highest BCUT2D eigenvalue weighted by atomic mass is 32.2. The van der Waals surface area contributed by atoms with Crippen molar-refractivity contribution in [2.24, 2.45) is 0 Å². The van der Waals surface area contributed by atoms with Crippen LogP contribution in [0.5, 0.6) is 5.75 Å². The van der Waals surface area contributed by atoms with Gasteiger partial charge in [-0.15, -0.1) is 10.2 Å². The third-order valence-corrected chi connectivity index (χ3v) is 4.71. The maximum atomic E-state index is 12.0. The van der Waals surface area contributed by atoms with Gasteiger partial charge in [-0.25, -0.2) is 0 Å². The highest BCUT2D eigenvalue weighted by Gasteiger charge is 2.17. The Bertz CT molecular complexity index is 873. The van der Waals surface area contributed by atoms with Crippen LogP contribution in [-0.2, 0) is 11.3 Å². The zero-order chi connectivity index (χ0) is 19.2. The Morgan fingerprint density at radius 3 is 2.67 bits per heavy atom. The minimum Gasteiger partial charge on any atom is -0.497 e.